The van der Waals surface area contributed by atoms with E-state index in [1.54, 1.807) is 0 Å². The van der Waals surface area contributed by atoms with Crippen LogP contribution in [0.2, 0.25) is 5.02 Å². The summed E-state index contributed by atoms with van der Waals surface area (Å²) in [5, 5.41) is 3.97. The molecule has 0 heterocycles. The molecule has 0 fully saturated rings. The molecule has 0 unspecified atom stereocenters. The molecule has 0 aromatic heterocycles. The van der Waals surface area contributed by atoms with Crippen LogP contribution in [0.1, 0.15) is 12.5 Å². The monoisotopic (exact) mass is 241 g/mol. The molecule has 0 atom stereocenters. The fraction of sp³-hybridized carbons (Fsp3) is 0.500. The van der Waals surface area contributed by atoms with Crippen LogP contribution in [0.5, 0.6) is 0 Å². The number of aryl methyl sites for hydroxylation is 1. The van der Waals surface area contributed by atoms with Crippen LogP contribution in [0.4, 0.5) is 11.4 Å². The van der Waals surface area contributed by atoms with Gasteiger partial charge in [-0.1, -0.05) is 18.5 Å². The van der Waals surface area contributed by atoms with E-state index < -0.39 is 0 Å². The van der Waals surface area contributed by atoms with E-state index in [1.165, 1.54) is 0 Å². The summed E-state index contributed by atoms with van der Waals surface area (Å²) in [6.45, 7) is 7.15. The Balaban J connectivity index is 2.57. The van der Waals surface area contributed by atoms with Gasteiger partial charge in [-0.15, -0.1) is 0 Å². The summed E-state index contributed by atoms with van der Waals surface area (Å²) in [5.74, 6) is 0. The van der Waals surface area contributed by atoms with Crippen LogP contribution in [-0.4, -0.2) is 31.6 Å². The van der Waals surface area contributed by atoms with Gasteiger partial charge in [0.15, 0.2) is 0 Å². The zero-order chi connectivity index (χ0) is 12.1. The number of benzene rings is 1. The van der Waals surface area contributed by atoms with Crippen molar-refractivity contribution >= 4 is 23.0 Å². The molecule has 16 heavy (non-hydrogen) atoms. The van der Waals surface area contributed by atoms with E-state index in [0.29, 0.717) is 10.7 Å². The maximum Gasteiger partial charge on any atom is 0.0656 e. The van der Waals surface area contributed by atoms with Crippen molar-refractivity contribution in [3.05, 3.63) is 22.7 Å². The van der Waals surface area contributed by atoms with Crippen molar-refractivity contribution in [2.75, 3.05) is 37.7 Å². The topological polar surface area (TPSA) is 41.3 Å². The predicted molar refractivity (Wildman–Crippen MR) is 72.3 cm³/mol. The molecule has 0 radical (unpaired) electrons. The van der Waals surface area contributed by atoms with Crippen molar-refractivity contribution < 1.29 is 0 Å². The van der Waals surface area contributed by atoms with Crippen molar-refractivity contribution in [3.8, 4) is 0 Å². The Kier molecular flexibility index (Phi) is 4.90. The molecule has 0 saturated carbocycles. The molecule has 0 aliphatic carbocycles. The molecule has 1 rings (SSSR count). The maximum atomic E-state index is 5.98. The predicted octanol–water partition coefficient (Wildman–Crippen LogP) is 2.59. The van der Waals surface area contributed by atoms with E-state index in [9.17, 15) is 0 Å². The lowest BCUT2D eigenvalue weighted by atomic mass is 10.2. The molecule has 1 aromatic rings. The van der Waals surface area contributed by atoms with Gasteiger partial charge in [0.1, 0.15) is 0 Å². The van der Waals surface area contributed by atoms with Crippen molar-refractivity contribution in [3.63, 3.8) is 0 Å². The SMILES string of the molecule is CCN(C)CCNc1cc(Cl)c(N)cc1C. The van der Waals surface area contributed by atoms with Crippen LogP contribution in [0, 0.1) is 6.92 Å². The molecule has 4 heteroatoms. The highest BCUT2D eigenvalue weighted by Crippen LogP contribution is 2.26. The lowest BCUT2D eigenvalue weighted by Crippen LogP contribution is -2.24. The number of nitrogen functional groups attached to an aromatic ring is 1. The Labute approximate surface area is 103 Å². The summed E-state index contributed by atoms with van der Waals surface area (Å²) in [5.41, 5.74) is 8.54. The van der Waals surface area contributed by atoms with Crippen molar-refractivity contribution in [1.29, 1.82) is 0 Å². The first-order chi connectivity index (χ1) is 7.54. The van der Waals surface area contributed by atoms with E-state index >= 15 is 0 Å². The van der Waals surface area contributed by atoms with Crippen LogP contribution in [-0.2, 0) is 0 Å². The van der Waals surface area contributed by atoms with E-state index in [2.05, 4.69) is 24.2 Å². The van der Waals surface area contributed by atoms with Gasteiger partial charge < -0.3 is 16.0 Å². The van der Waals surface area contributed by atoms with Gasteiger partial charge in [0.05, 0.1) is 10.7 Å². The van der Waals surface area contributed by atoms with Crippen LogP contribution in [0.25, 0.3) is 0 Å². The lowest BCUT2D eigenvalue weighted by molar-refractivity contribution is 0.367. The number of rotatable bonds is 5. The van der Waals surface area contributed by atoms with E-state index in [4.69, 9.17) is 17.3 Å². The van der Waals surface area contributed by atoms with Gasteiger partial charge in [-0.3, -0.25) is 0 Å². The number of nitrogens with two attached hydrogens (primary N) is 1. The number of anilines is 2. The number of hydrogen-bond acceptors (Lipinski definition) is 3. The van der Waals surface area contributed by atoms with Crippen LogP contribution < -0.4 is 11.1 Å². The van der Waals surface area contributed by atoms with Gasteiger partial charge in [0.25, 0.3) is 0 Å². The highest BCUT2D eigenvalue weighted by atomic mass is 35.5. The smallest absolute Gasteiger partial charge is 0.0656 e. The molecule has 0 amide bonds. The van der Waals surface area contributed by atoms with E-state index in [-0.39, 0.29) is 0 Å². The third-order valence-electron chi connectivity index (χ3n) is 2.69. The minimum Gasteiger partial charge on any atom is -0.398 e. The zero-order valence-corrected chi connectivity index (χ0v) is 10.9. The second kappa shape index (κ2) is 5.97. The van der Waals surface area contributed by atoms with Gasteiger partial charge in [0.2, 0.25) is 0 Å². The minimum absolute atomic E-state index is 0.608. The molecular formula is C12H20ClN3. The first-order valence-corrected chi connectivity index (χ1v) is 5.90. The second-order valence-electron chi connectivity index (χ2n) is 4.01. The molecule has 3 nitrogen and oxygen atoms in total. The number of halogens is 1. The highest BCUT2D eigenvalue weighted by Gasteiger charge is 2.03. The van der Waals surface area contributed by atoms with Gasteiger partial charge in [0, 0.05) is 18.8 Å². The lowest BCUT2D eigenvalue weighted by Gasteiger charge is -2.16. The normalized spacial score (nSPS) is 10.8. The molecule has 0 aliphatic heterocycles. The van der Waals surface area contributed by atoms with Gasteiger partial charge in [-0.2, -0.15) is 0 Å². The van der Waals surface area contributed by atoms with Crippen molar-refractivity contribution in [2.24, 2.45) is 0 Å². The average molecular weight is 242 g/mol. The van der Waals surface area contributed by atoms with E-state index in [1.807, 2.05) is 19.1 Å². The first-order valence-electron chi connectivity index (χ1n) is 5.52. The molecular weight excluding hydrogens is 222 g/mol. The third-order valence-corrected chi connectivity index (χ3v) is 3.02. The summed E-state index contributed by atoms with van der Waals surface area (Å²) >= 11 is 5.98. The van der Waals surface area contributed by atoms with Crippen LogP contribution in [0.15, 0.2) is 12.1 Å². The Morgan fingerprint density at radius 3 is 2.75 bits per heavy atom. The molecule has 0 saturated heterocycles. The minimum atomic E-state index is 0.608. The summed E-state index contributed by atoms with van der Waals surface area (Å²) in [7, 11) is 2.10. The Morgan fingerprint density at radius 1 is 1.44 bits per heavy atom. The number of nitrogens with one attached hydrogen (secondary N) is 1. The van der Waals surface area contributed by atoms with Crippen molar-refractivity contribution in [2.45, 2.75) is 13.8 Å². The molecule has 0 spiro atoms. The second-order valence-corrected chi connectivity index (χ2v) is 4.42. The van der Waals surface area contributed by atoms with Crippen LogP contribution >= 0.6 is 11.6 Å². The standard InChI is InChI=1S/C12H20ClN3/c1-4-16(3)6-5-15-12-8-10(13)11(14)7-9(12)2/h7-8,15H,4-6,14H2,1-3H3. The Hall–Kier alpha value is -0.930. The summed E-state index contributed by atoms with van der Waals surface area (Å²) in [6, 6.07) is 3.78. The largest absolute Gasteiger partial charge is 0.398 e. The van der Waals surface area contributed by atoms with E-state index in [0.717, 1.165) is 30.9 Å². The molecule has 90 valence electrons. The van der Waals surface area contributed by atoms with Gasteiger partial charge in [-0.25, -0.2) is 0 Å². The summed E-state index contributed by atoms with van der Waals surface area (Å²) < 4.78 is 0. The third kappa shape index (κ3) is 3.58. The average Bonchev–Trinajstić information content (AvgIpc) is 2.25. The molecule has 3 N–H and O–H groups in total. The van der Waals surface area contributed by atoms with Gasteiger partial charge >= 0.3 is 0 Å². The molecule has 1 aromatic carbocycles. The zero-order valence-electron chi connectivity index (χ0n) is 10.2. The summed E-state index contributed by atoms with van der Waals surface area (Å²) in [4.78, 5) is 2.25. The Bertz CT molecular complexity index is 352. The fourth-order valence-electron chi connectivity index (χ4n) is 1.43. The Morgan fingerprint density at radius 2 is 2.12 bits per heavy atom. The summed E-state index contributed by atoms with van der Waals surface area (Å²) in [6.07, 6.45) is 0. The van der Waals surface area contributed by atoms with Crippen molar-refractivity contribution in [1.82, 2.24) is 4.90 Å². The fourth-order valence-corrected chi connectivity index (χ4v) is 1.60. The quantitative estimate of drug-likeness (QED) is 0.779. The maximum absolute atomic E-state index is 5.98. The number of nitrogens with zero attached hydrogens (tertiary/aromatic N) is 1. The van der Waals surface area contributed by atoms with Gasteiger partial charge in [-0.05, 0) is 38.2 Å². The van der Waals surface area contributed by atoms with Crippen LogP contribution in [0.3, 0.4) is 0 Å². The molecule has 0 aliphatic rings. The first kappa shape index (κ1) is 13.1. The molecule has 0 bridgehead atoms. The highest BCUT2D eigenvalue weighted by molar-refractivity contribution is 6.33. The number of likely N-dealkylation sites (N-methyl/N-ethyl adjacent to an activating group) is 1. The number of hydrogen-bond donors (Lipinski definition) is 2.